The number of carbonyl (C=O) groups is 1. The molecule has 0 saturated heterocycles. The number of carbonyl (C=O) groups excluding carboxylic acids is 1. The molecule has 0 aliphatic carbocycles. The maximum atomic E-state index is 11.6. The van der Waals surface area contributed by atoms with Gasteiger partial charge >= 0.3 is 0 Å². The molecule has 0 fully saturated rings. The fourth-order valence-electron chi connectivity index (χ4n) is 1.96. The molecule has 0 aliphatic rings. The summed E-state index contributed by atoms with van der Waals surface area (Å²) in [4.78, 5) is 12.8. The first kappa shape index (κ1) is 13.8. The Kier molecular flexibility index (Phi) is 5.63. The van der Waals surface area contributed by atoms with E-state index in [0.717, 1.165) is 30.7 Å². The fourth-order valence-corrected chi connectivity index (χ4v) is 2.66. The smallest absolute Gasteiger partial charge is 0.225 e. The topological polar surface area (TPSA) is 29.1 Å². The molecule has 0 aliphatic heterocycles. The molecule has 19 heavy (non-hydrogen) atoms. The lowest BCUT2D eigenvalue weighted by atomic mass is 10.1. The summed E-state index contributed by atoms with van der Waals surface area (Å²) in [5.41, 5.74) is 1.37. The monoisotopic (exact) mass is 273 g/mol. The lowest BCUT2D eigenvalue weighted by molar-refractivity contribution is -0.120. The van der Waals surface area contributed by atoms with Crippen molar-refractivity contribution in [3.05, 3.63) is 58.3 Å². The van der Waals surface area contributed by atoms with Gasteiger partial charge in [0.05, 0.1) is 6.42 Å². The van der Waals surface area contributed by atoms with Gasteiger partial charge in [-0.1, -0.05) is 36.4 Å². The Labute approximate surface area is 118 Å². The molecule has 1 amide bonds. The van der Waals surface area contributed by atoms with E-state index in [1.807, 2.05) is 23.6 Å². The Morgan fingerprint density at radius 3 is 2.63 bits per heavy atom. The van der Waals surface area contributed by atoms with Gasteiger partial charge in [-0.25, -0.2) is 0 Å². The van der Waals surface area contributed by atoms with Gasteiger partial charge in [0.15, 0.2) is 0 Å². The number of thiophene rings is 1. The van der Waals surface area contributed by atoms with Crippen molar-refractivity contribution in [2.75, 3.05) is 6.54 Å². The van der Waals surface area contributed by atoms with Gasteiger partial charge in [0, 0.05) is 11.4 Å². The van der Waals surface area contributed by atoms with E-state index in [-0.39, 0.29) is 5.91 Å². The molecular weight excluding hydrogens is 254 g/mol. The zero-order valence-electron chi connectivity index (χ0n) is 11.0. The van der Waals surface area contributed by atoms with Gasteiger partial charge in [-0.2, -0.15) is 0 Å². The Morgan fingerprint density at radius 2 is 1.89 bits per heavy atom. The van der Waals surface area contributed by atoms with E-state index in [2.05, 4.69) is 29.6 Å². The number of amides is 1. The SMILES string of the molecule is O=C(Cc1cccs1)NCCCCc1ccccc1. The van der Waals surface area contributed by atoms with Crippen molar-refractivity contribution in [2.24, 2.45) is 0 Å². The zero-order valence-corrected chi connectivity index (χ0v) is 11.8. The molecule has 0 radical (unpaired) electrons. The van der Waals surface area contributed by atoms with Crippen LogP contribution in [0.25, 0.3) is 0 Å². The van der Waals surface area contributed by atoms with Crippen LogP contribution in [0, 0.1) is 0 Å². The van der Waals surface area contributed by atoms with Crippen molar-refractivity contribution in [1.29, 1.82) is 0 Å². The molecule has 0 saturated carbocycles. The number of benzene rings is 1. The molecule has 3 heteroatoms. The van der Waals surface area contributed by atoms with Crippen LogP contribution < -0.4 is 5.32 Å². The average molecular weight is 273 g/mol. The summed E-state index contributed by atoms with van der Waals surface area (Å²) in [6.45, 7) is 0.775. The summed E-state index contributed by atoms with van der Waals surface area (Å²) < 4.78 is 0. The second kappa shape index (κ2) is 7.74. The predicted molar refractivity (Wildman–Crippen MR) is 80.4 cm³/mol. The molecule has 2 aromatic rings. The molecule has 2 rings (SSSR count). The van der Waals surface area contributed by atoms with E-state index in [0.29, 0.717) is 6.42 Å². The van der Waals surface area contributed by atoms with Crippen LogP contribution in [0.1, 0.15) is 23.3 Å². The highest BCUT2D eigenvalue weighted by Crippen LogP contribution is 2.08. The lowest BCUT2D eigenvalue weighted by Gasteiger charge is -2.04. The third-order valence-corrected chi connectivity index (χ3v) is 3.85. The molecule has 0 bridgehead atoms. The number of hydrogen-bond donors (Lipinski definition) is 1. The third kappa shape index (κ3) is 5.26. The fraction of sp³-hybridized carbons (Fsp3) is 0.312. The second-order valence-electron chi connectivity index (χ2n) is 4.55. The highest BCUT2D eigenvalue weighted by molar-refractivity contribution is 7.10. The zero-order chi connectivity index (χ0) is 13.3. The van der Waals surface area contributed by atoms with Gasteiger partial charge in [-0.15, -0.1) is 11.3 Å². The summed E-state index contributed by atoms with van der Waals surface area (Å²) >= 11 is 1.63. The quantitative estimate of drug-likeness (QED) is 0.769. The Morgan fingerprint density at radius 1 is 1.05 bits per heavy atom. The molecule has 1 N–H and O–H groups in total. The minimum Gasteiger partial charge on any atom is -0.356 e. The van der Waals surface area contributed by atoms with Crippen LogP contribution in [0.4, 0.5) is 0 Å². The van der Waals surface area contributed by atoms with E-state index in [9.17, 15) is 4.79 Å². The standard InChI is InChI=1S/C16H19NOS/c18-16(13-15-10-6-12-19-15)17-11-5-4-9-14-7-2-1-3-8-14/h1-3,6-8,10,12H,4-5,9,11,13H2,(H,17,18). The summed E-state index contributed by atoms with van der Waals surface area (Å²) in [5.74, 6) is 0.127. The predicted octanol–water partition coefficient (Wildman–Crippen LogP) is 3.43. The number of aryl methyl sites for hydroxylation is 1. The molecule has 0 atom stereocenters. The summed E-state index contributed by atoms with van der Waals surface area (Å²) in [6.07, 6.45) is 3.74. The molecule has 1 aromatic heterocycles. The van der Waals surface area contributed by atoms with Gasteiger partial charge < -0.3 is 5.32 Å². The van der Waals surface area contributed by atoms with E-state index >= 15 is 0 Å². The van der Waals surface area contributed by atoms with Crippen molar-refractivity contribution in [3.63, 3.8) is 0 Å². The number of unbranched alkanes of at least 4 members (excludes halogenated alkanes) is 1. The van der Waals surface area contributed by atoms with Crippen LogP contribution in [-0.4, -0.2) is 12.5 Å². The van der Waals surface area contributed by atoms with Gasteiger partial charge in [-0.05, 0) is 36.3 Å². The van der Waals surface area contributed by atoms with E-state index in [4.69, 9.17) is 0 Å². The van der Waals surface area contributed by atoms with Crippen LogP contribution in [0.2, 0.25) is 0 Å². The Hall–Kier alpha value is -1.61. The van der Waals surface area contributed by atoms with E-state index in [1.165, 1.54) is 5.56 Å². The molecule has 0 spiro atoms. The number of nitrogens with one attached hydrogen (secondary N) is 1. The summed E-state index contributed by atoms with van der Waals surface area (Å²) in [5, 5.41) is 4.98. The van der Waals surface area contributed by atoms with Crippen LogP contribution in [-0.2, 0) is 17.6 Å². The summed E-state index contributed by atoms with van der Waals surface area (Å²) in [7, 11) is 0. The van der Waals surface area contributed by atoms with Crippen molar-refractivity contribution in [3.8, 4) is 0 Å². The van der Waals surface area contributed by atoms with Gasteiger partial charge in [0.25, 0.3) is 0 Å². The largest absolute Gasteiger partial charge is 0.356 e. The normalized spacial score (nSPS) is 10.3. The molecule has 2 nitrogen and oxygen atoms in total. The average Bonchev–Trinajstić information content (AvgIpc) is 2.92. The van der Waals surface area contributed by atoms with E-state index in [1.54, 1.807) is 11.3 Å². The maximum absolute atomic E-state index is 11.6. The number of hydrogen-bond acceptors (Lipinski definition) is 2. The minimum absolute atomic E-state index is 0.127. The Balaban J connectivity index is 1.56. The van der Waals surface area contributed by atoms with Crippen molar-refractivity contribution in [2.45, 2.75) is 25.7 Å². The Bertz CT molecular complexity index is 479. The number of rotatable bonds is 7. The van der Waals surface area contributed by atoms with Crippen molar-refractivity contribution < 1.29 is 4.79 Å². The molecule has 0 unspecified atom stereocenters. The van der Waals surface area contributed by atoms with E-state index < -0.39 is 0 Å². The third-order valence-electron chi connectivity index (χ3n) is 2.97. The molecular formula is C16H19NOS. The van der Waals surface area contributed by atoms with Crippen LogP contribution in [0.15, 0.2) is 47.8 Å². The highest BCUT2D eigenvalue weighted by atomic mass is 32.1. The molecule has 1 heterocycles. The van der Waals surface area contributed by atoms with Gasteiger partial charge in [0.2, 0.25) is 5.91 Å². The van der Waals surface area contributed by atoms with Crippen LogP contribution in [0.5, 0.6) is 0 Å². The first-order valence-corrected chi connectivity index (χ1v) is 7.55. The first-order chi connectivity index (χ1) is 9.34. The highest BCUT2D eigenvalue weighted by Gasteiger charge is 2.02. The lowest BCUT2D eigenvalue weighted by Crippen LogP contribution is -2.25. The van der Waals surface area contributed by atoms with Crippen molar-refractivity contribution in [1.82, 2.24) is 5.32 Å². The first-order valence-electron chi connectivity index (χ1n) is 6.67. The van der Waals surface area contributed by atoms with Crippen molar-refractivity contribution >= 4 is 17.2 Å². The summed E-state index contributed by atoms with van der Waals surface area (Å²) in [6, 6.07) is 14.4. The van der Waals surface area contributed by atoms with Gasteiger partial charge in [0.1, 0.15) is 0 Å². The van der Waals surface area contributed by atoms with Crippen LogP contribution >= 0.6 is 11.3 Å². The van der Waals surface area contributed by atoms with Crippen LogP contribution in [0.3, 0.4) is 0 Å². The molecule has 1 aromatic carbocycles. The molecule has 100 valence electrons. The second-order valence-corrected chi connectivity index (χ2v) is 5.58. The maximum Gasteiger partial charge on any atom is 0.225 e. The minimum atomic E-state index is 0.127. The van der Waals surface area contributed by atoms with Gasteiger partial charge in [-0.3, -0.25) is 4.79 Å².